The molecule has 2 aliphatic rings. The largest absolute Gasteiger partial charge is 0.493 e. The third kappa shape index (κ3) is 2.09. The first-order chi connectivity index (χ1) is 11.3. The second-order valence-electron chi connectivity index (χ2n) is 3.79. The fourth-order valence-corrected chi connectivity index (χ4v) is 1.89. The molecule has 0 spiro atoms. The summed E-state index contributed by atoms with van der Waals surface area (Å²) in [5, 5.41) is 1.74. The second kappa shape index (κ2) is 4.53. The summed E-state index contributed by atoms with van der Waals surface area (Å²) in [5.74, 6) is -0.592. The van der Waals surface area contributed by atoms with Crippen LogP contribution in [0.4, 0.5) is 10.1 Å². The summed E-state index contributed by atoms with van der Waals surface area (Å²) < 4.78 is 83.1. The van der Waals surface area contributed by atoms with Crippen molar-refractivity contribution in [2.45, 2.75) is 12.8 Å². The molecule has 92 valence electrons. The Balaban J connectivity index is 2.20. The highest BCUT2D eigenvalue weighted by atomic mass is 19.1. The third-order valence-electron chi connectivity index (χ3n) is 2.69. The van der Waals surface area contributed by atoms with Crippen LogP contribution in [-0.2, 0) is 6.42 Å². The molecule has 1 aromatic rings. The zero-order chi connectivity index (χ0) is 18.8. The van der Waals surface area contributed by atoms with Gasteiger partial charge in [-0.3, -0.25) is 0 Å². The van der Waals surface area contributed by atoms with Crippen LogP contribution in [0.2, 0.25) is 0 Å². The Bertz CT molecular complexity index is 686. The Kier molecular flexibility index (Phi) is 1.37. The highest BCUT2D eigenvalue weighted by Crippen LogP contribution is 2.32. The van der Waals surface area contributed by atoms with Crippen LogP contribution in [0.1, 0.15) is 23.0 Å². The average molecular weight is 244 g/mol. The molecule has 0 atom stereocenters. The number of benzene rings is 1. The van der Waals surface area contributed by atoms with Crippen molar-refractivity contribution >= 4 is 5.69 Å². The molecule has 2 heterocycles. The van der Waals surface area contributed by atoms with Crippen LogP contribution < -0.4 is 15.0 Å². The monoisotopic (exact) mass is 244 g/mol. The van der Waals surface area contributed by atoms with E-state index < -0.39 is 31.8 Å². The molecule has 17 heavy (non-hydrogen) atoms. The van der Waals surface area contributed by atoms with Gasteiger partial charge in [-0.1, -0.05) is 0 Å². The predicted octanol–water partition coefficient (Wildman–Crippen LogP) is 1.56. The van der Waals surface area contributed by atoms with Crippen molar-refractivity contribution < 1.29 is 20.1 Å². The van der Waals surface area contributed by atoms with Gasteiger partial charge in [-0.15, -0.1) is 0 Å². The standard InChI is InChI=1S/C13H17FN2O/c14-12-8-10(16-5-3-15-4-6-16)9-13-11(12)2-1-7-17-13/h8-9,15H,1-7H2/i3D2,4D2,5D2,6D2. The summed E-state index contributed by atoms with van der Waals surface area (Å²) in [6, 6.07) is 2.12. The summed E-state index contributed by atoms with van der Waals surface area (Å²) in [6.45, 7) is -11.5. The summed E-state index contributed by atoms with van der Waals surface area (Å²) in [7, 11) is 0. The van der Waals surface area contributed by atoms with Gasteiger partial charge in [0.1, 0.15) is 11.6 Å². The lowest BCUT2D eigenvalue weighted by molar-refractivity contribution is 0.284. The van der Waals surface area contributed by atoms with Crippen molar-refractivity contribution in [3.05, 3.63) is 23.5 Å². The topological polar surface area (TPSA) is 24.5 Å². The van der Waals surface area contributed by atoms with Crippen LogP contribution in [0.5, 0.6) is 5.75 Å². The predicted molar refractivity (Wildman–Crippen MR) is 65.3 cm³/mol. The van der Waals surface area contributed by atoms with Gasteiger partial charge in [-0.05, 0) is 18.9 Å². The van der Waals surface area contributed by atoms with Crippen LogP contribution in [0.25, 0.3) is 0 Å². The summed E-state index contributed by atoms with van der Waals surface area (Å²) in [4.78, 5) is 0.303. The second-order valence-corrected chi connectivity index (χ2v) is 3.79. The maximum Gasteiger partial charge on any atom is 0.132 e. The zero-order valence-electron chi connectivity index (χ0n) is 17.0. The first-order valence-electron chi connectivity index (χ1n) is 9.36. The zero-order valence-corrected chi connectivity index (χ0v) is 9.01. The number of hydrogen-bond acceptors (Lipinski definition) is 3. The molecule has 1 saturated heterocycles. The molecular weight excluding hydrogens is 219 g/mol. The first-order valence-corrected chi connectivity index (χ1v) is 5.36. The lowest BCUT2D eigenvalue weighted by Crippen LogP contribution is -2.43. The van der Waals surface area contributed by atoms with Crippen molar-refractivity contribution in [3.8, 4) is 5.75 Å². The molecule has 0 amide bonds. The number of rotatable bonds is 1. The molecular formula is C13H17FN2O. The van der Waals surface area contributed by atoms with Gasteiger partial charge < -0.3 is 15.0 Å². The van der Waals surface area contributed by atoms with E-state index in [4.69, 9.17) is 15.7 Å². The highest BCUT2D eigenvalue weighted by Gasteiger charge is 2.19. The van der Waals surface area contributed by atoms with Crippen molar-refractivity contribution in [1.82, 2.24) is 5.32 Å². The van der Waals surface area contributed by atoms with Crippen molar-refractivity contribution in [1.29, 1.82) is 0 Å². The van der Waals surface area contributed by atoms with Gasteiger partial charge in [-0.25, -0.2) is 4.39 Å². The molecule has 0 aromatic heterocycles. The van der Waals surface area contributed by atoms with Crippen LogP contribution in [0.3, 0.4) is 0 Å². The van der Waals surface area contributed by atoms with Crippen molar-refractivity contribution in [2.75, 3.05) is 37.5 Å². The van der Waals surface area contributed by atoms with E-state index in [9.17, 15) is 4.39 Å². The van der Waals surface area contributed by atoms with E-state index in [0.29, 0.717) is 24.3 Å². The van der Waals surface area contributed by atoms with Gasteiger partial charge >= 0.3 is 0 Å². The number of halogens is 1. The van der Waals surface area contributed by atoms with Gasteiger partial charge in [0.15, 0.2) is 0 Å². The van der Waals surface area contributed by atoms with E-state index in [1.807, 2.05) is 0 Å². The van der Waals surface area contributed by atoms with Crippen LogP contribution in [-0.4, -0.2) is 32.6 Å². The first kappa shape index (κ1) is 5.14. The number of fused-ring (bicyclic) bond motifs is 1. The minimum Gasteiger partial charge on any atom is -0.493 e. The maximum atomic E-state index is 14.4. The Morgan fingerprint density at radius 1 is 1.35 bits per heavy atom. The van der Waals surface area contributed by atoms with E-state index in [-0.39, 0.29) is 17.0 Å². The molecule has 0 unspecified atom stereocenters. The molecule has 1 fully saturated rings. The molecule has 4 heteroatoms. The number of hydrogen-bond donors (Lipinski definition) is 1. The fraction of sp³-hybridized carbons (Fsp3) is 0.538. The lowest BCUT2D eigenvalue weighted by Gasteiger charge is -2.30. The van der Waals surface area contributed by atoms with Crippen LogP contribution >= 0.6 is 0 Å². The lowest BCUT2D eigenvalue weighted by atomic mass is 10.0. The molecule has 3 rings (SSSR count). The third-order valence-corrected chi connectivity index (χ3v) is 2.69. The molecule has 1 aromatic carbocycles. The minimum absolute atomic E-state index is 0.132. The van der Waals surface area contributed by atoms with Gasteiger partial charge in [-0.2, -0.15) is 0 Å². The molecule has 0 bridgehead atoms. The molecule has 0 aliphatic carbocycles. The molecule has 2 aliphatic heterocycles. The fourth-order valence-electron chi connectivity index (χ4n) is 1.89. The van der Waals surface area contributed by atoms with Crippen molar-refractivity contribution in [3.63, 3.8) is 0 Å². The normalized spacial score (nSPS) is 38.5. The Labute approximate surface area is 112 Å². The van der Waals surface area contributed by atoms with E-state index >= 15 is 0 Å². The number of ether oxygens (including phenoxy) is 1. The molecule has 0 saturated carbocycles. The van der Waals surface area contributed by atoms with E-state index in [0.717, 1.165) is 6.07 Å². The molecule has 1 N–H and O–H groups in total. The number of nitrogens with one attached hydrogen (secondary N) is 1. The number of anilines is 1. The SMILES string of the molecule is [2H]C1([2H])NC([2H])([2H])C([2H])([2H])N(c2cc(F)c3c(c2)OCCC3)C1([2H])[2H]. The highest BCUT2D eigenvalue weighted by molar-refractivity contribution is 5.55. The summed E-state index contributed by atoms with van der Waals surface area (Å²) in [6.07, 6.45) is 1.04. The summed E-state index contributed by atoms with van der Waals surface area (Å²) >= 11 is 0. The van der Waals surface area contributed by atoms with E-state index in [1.165, 1.54) is 6.07 Å². The minimum atomic E-state index is -3.00. The van der Waals surface area contributed by atoms with Gasteiger partial charge in [0.05, 0.1) is 12.1 Å². The Hall–Kier alpha value is -1.29. The smallest absolute Gasteiger partial charge is 0.132 e. The van der Waals surface area contributed by atoms with E-state index in [1.54, 1.807) is 5.32 Å². The average Bonchev–Trinajstić information content (AvgIpc) is 2.44. The van der Waals surface area contributed by atoms with Crippen LogP contribution in [0.15, 0.2) is 12.1 Å². The molecule has 0 radical (unpaired) electrons. The quantitative estimate of drug-likeness (QED) is 0.811. The summed E-state index contributed by atoms with van der Waals surface area (Å²) in [5.41, 5.74) is -0.0420. The van der Waals surface area contributed by atoms with Crippen LogP contribution in [0, 0.1) is 5.82 Å². The van der Waals surface area contributed by atoms with Gasteiger partial charge in [0, 0.05) is 48.8 Å². The maximum absolute atomic E-state index is 14.4. The Morgan fingerprint density at radius 2 is 2.18 bits per heavy atom. The van der Waals surface area contributed by atoms with Crippen molar-refractivity contribution in [2.24, 2.45) is 0 Å². The van der Waals surface area contributed by atoms with Gasteiger partial charge in [0.2, 0.25) is 0 Å². The van der Waals surface area contributed by atoms with E-state index in [2.05, 4.69) is 0 Å². The molecule has 3 nitrogen and oxygen atoms in total. The Morgan fingerprint density at radius 3 is 3.00 bits per heavy atom. The number of nitrogens with zero attached hydrogens (tertiary/aromatic N) is 1. The van der Waals surface area contributed by atoms with Gasteiger partial charge in [0.25, 0.3) is 0 Å². The number of piperazine rings is 1.